The lowest BCUT2D eigenvalue weighted by atomic mass is 10.3. The van der Waals surface area contributed by atoms with E-state index in [4.69, 9.17) is 5.11 Å². The number of pyridine rings is 1. The number of aromatic nitrogens is 5. The first kappa shape index (κ1) is 12.5. The molecule has 0 spiro atoms. The minimum absolute atomic E-state index is 0.0444. The molecule has 0 atom stereocenters. The lowest BCUT2D eigenvalue weighted by molar-refractivity contribution is 0.271. The van der Waals surface area contributed by atoms with Crippen molar-refractivity contribution in [2.24, 2.45) is 0 Å². The Labute approximate surface area is 114 Å². The molecule has 0 aliphatic rings. The molecule has 0 radical (unpaired) electrons. The van der Waals surface area contributed by atoms with Crippen LogP contribution < -0.4 is 5.56 Å². The van der Waals surface area contributed by atoms with Crippen LogP contribution in [-0.2, 0) is 13.1 Å². The van der Waals surface area contributed by atoms with Gasteiger partial charge < -0.3 is 5.11 Å². The van der Waals surface area contributed by atoms with Crippen LogP contribution in [0.1, 0.15) is 5.56 Å². The zero-order chi connectivity index (χ0) is 13.9. The van der Waals surface area contributed by atoms with Crippen LogP contribution in [0, 0.1) is 0 Å². The Hall–Kier alpha value is -2.54. The van der Waals surface area contributed by atoms with Crippen LogP contribution in [0.4, 0.5) is 0 Å². The summed E-state index contributed by atoms with van der Waals surface area (Å²) in [5.74, 6) is 0. The van der Waals surface area contributed by atoms with E-state index in [1.54, 1.807) is 12.4 Å². The Morgan fingerprint density at radius 3 is 2.95 bits per heavy atom. The van der Waals surface area contributed by atoms with Gasteiger partial charge in [0.1, 0.15) is 11.7 Å². The summed E-state index contributed by atoms with van der Waals surface area (Å²) in [5.41, 5.74) is 1.27. The van der Waals surface area contributed by atoms with Crippen molar-refractivity contribution in [2.45, 2.75) is 13.1 Å². The van der Waals surface area contributed by atoms with Crippen LogP contribution in [-0.4, -0.2) is 36.0 Å². The molecule has 7 nitrogen and oxygen atoms in total. The van der Waals surface area contributed by atoms with Gasteiger partial charge in [0.25, 0.3) is 5.56 Å². The molecule has 3 heterocycles. The highest BCUT2D eigenvalue weighted by atomic mass is 16.3. The SMILES string of the molecule is O=c1c2cnn(CCO)c2ncn1Cc1cccnc1. The molecule has 1 N–H and O–H groups in total. The molecule has 3 aromatic heterocycles. The van der Waals surface area contributed by atoms with Gasteiger partial charge in [0.2, 0.25) is 0 Å². The van der Waals surface area contributed by atoms with Crippen molar-refractivity contribution >= 4 is 11.0 Å². The summed E-state index contributed by atoms with van der Waals surface area (Å²) in [6.07, 6.45) is 6.38. The van der Waals surface area contributed by atoms with Crippen molar-refractivity contribution in [3.05, 3.63) is 53.0 Å². The predicted molar refractivity (Wildman–Crippen MR) is 72.2 cm³/mol. The third kappa shape index (κ3) is 2.19. The normalized spacial score (nSPS) is 11.1. The zero-order valence-corrected chi connectivity index (χ0v) is 10.7. The van der Waals surface area contributed by atoms with E-state index < -0.39 is 0 Å². The first-order chi connectivity index (χ1) is 9.79. The summed E-state index contributed by atoms with van der Waals surface area (Å²) < 4.78 is 3.04. The van der Waals surface area contributed by atoms with E-state index in [9.17, 15) is 4.79 Å². The smallest absolute Gasteiger partial charge is 0.264 e. The van der Waals surface area contributed by atoms with E-state index in [-0.39, 0.29) is 12.2 Å². The van der Waals surface area contributed by atoms with E-state index in [1.807, 2.05) is 12.1 Å². The molecule has 20 heavy (non-hydrogen) atoms. The zero-order valence-electron chi connectivity index (χ0n) is 10.7. The average Bonchev–Trinajstić information content (AvgIpc) is 2.88. The van der Waals surface area contributed by atoms with Crippen molar-refractivity contribution in [2.75, 3.05) is 6.61 Å². The second-order valence-electron chi connectivity index (χ2n) is 4.37. The Morgan fingerprint density at radius 2 is 2.20 bits per heavy atom. The van der Waals surface area contributed by atoms with Gasteiger partial charge in [0.05, 0.1) is 25.9 Å². The van der Waals surface area contributed by atoms with E-state index >= 15 is 0 Å². The molecule has 7 heteroatoms. The Kier molecular flexibility index (Phi) is 3.26. The van der Waals surface area contributed by atoms with Gasteiger partial charge in [-0.3, -0.25) is 14.3 Å². The largest absolute Gasteiger partial charge is 0.394 e. The third-order valence-electron chi connectivity index (χ3n) is 3.01. The topological polar surface area (TPSA) is 85.8 Å². The summed E-state index contributed by atoms with van der Waals surface area (Å²) in [6.45, 7) is 0.695. The van der Waals surface area contributed by atoms with Gasteiger partial charge in [-0.1, -0.05) is 6.07 Å². The molecule has 0 unspecified atom stereocenters. The summed E-state index contributed by atoms with van der Waals surface area (Å²) >= 11 is 0. The Balaban J connectivity index is 2.02. The molecule has 3 aromatic rings. The number of hydrogen-bond acceptors (Lipinski definition) is 5. The molecule has 3 rings (SSSR count). The molecule has 0 bridgehead atoms. The van der Waals surface area contributed by atoms with Crippen molar-refractivity contribution in [3.8, 4) is 0 Å². The molecule has 0 saturated carbocycles. The van der Waals surface area contributed by atoms with E-state index in [0.717, 1.165) is 5.56 Å². The summed E-state index contributed by atoms with van der Waals surface area (Å²) in [5, 5.41) is 13.4. The molecule has 102 valence electrons. The number of aliphatic hydroxyl groups is 1. The maximum absolute atomic E-state index is 12.3. The van der Waals surface area contributed by atoms with E-state index in [0.29, 0.717) is 24.1 Å². The summed E-state index contributed by atoms with van der Waals surface area (Å²) in [6, 6.07) is 3.73. The molecule has 0 saturated heterocycles. The third-order valence-corrected chi connectivity index (χ3v) is 3.01. The fourth-order valence-electron chi connectivity index (χ4n) is 2.06. The highest BCUT2D eigenvalue weighted by Crippen LogP contribution is 2.06. The lowest BCUT2D eigenvalue weighted by Crippen LogP contribution is -2.21. The van der Waals surface area contributed by atoms with Crippen molar-refractivity contribution in [3.63, 3.8) is 0 Å². The fraction of sp³-hybridized carbons (Fsp3) is 0.231. The van der Waals surface area contributed by atoms with Crippen LogP contribution in [0.15, 0.2) is 41.8 Å². The minimum atomic E-state index is -0.150. The van der Waals surface area contributed by atoms with Crippen LogP contribution in [0.3, 0.4) is 0 Å². The molecule has 0 fully saturated rings. The van der Waals surface area contributed by atoms with Crippen LogP contribution in [0.25, 0.3) is 11.0 Å². The molecule has 0 aliphatic heterocycles. The predicted octanol–water partition coefficient (Wildman–Crippen LogP) is 0.0286. The second kappa shape index (κ2) is 5.22. The van der Waals surface area contributed by atoms with Gasteiger partial charge in [-0.25, -0.2) is 9.67 Å². The van der Waals surface area contributed by atoms with Gasteiger partial charge in [0, 0.05) is 12.4 Å². The van der Waals surface area contributed by atoms with Gasteiger partial charge in [-0.2, -0.15) is 5.10 Å². The maximum Gasteiger partial charge on any atom is 0.264 e. The number of rotatable bonds is 4. The van der Waals surface area contributed by atoms with Crippen LogP contribution >= 0.6 is 0 Å². The first-order valence-electron chi connectivity index (χ1n) is 6.20. The summed E-state index contributed by atoms with van der Waals surface area (Å²) in [7, 11) is 0. The van der Waals surface area contributed by atoms with Gasteiger partial charge in [-0.15, -0.1) is 0 Å². The van der Waals surface area contributed by atoms with Crippen molar-refractivity contribution in [1.29, 1.82) is 0 Å². The number of fused-ring (bicyclic) bond motifs is 1. The fourth-order valence-corrected chi connectivity index (χ4v) is 2.06. The number of aliphatic hydroxyl groups excluding tert-OH is 1. The summed E-state index contributed by atoms with van der Waals surface area (Å²) in [4.78, 5) is 20.6. The Morgan fingerprint density at radius 1 is 1.30 bits per heavy atom. The van der Waals surface area contributed by atoms with Gasteiger partial charge in [0.15, 0.2) is 5.65 Å². The van der Waals surface area contributed by atoms with Crippen molar-refractivity contribution in [1.82, 2.24) is 24.3 Å². The maximum atomic E-state index is 12.3. The van der Waals surface area contributed by atoms with Gasteiger partial charge in [-0.05, 0) is 11.6 Å². The highest BCUT2D eigenvalue weighted by Gasteiger charge is 2.09. The highest BCUT2D eigenvalue weighted by molar-refractivity contribution is 5.72. The second-order valence-corrected chi connectivity index (χ2v) is 4.37. The van der Waals surface area contributed by atoms with Crippen molar-refractivity contribution < 1.29 is 5.11 Å². The standard InChI is InChI=1S/C13H13N5O2/c19-5-4-18-12-11(7-16-18)13(20)17(9-15-12)8-10-2-1-3-14-6-10/h1-3,6-7,9,19H,4-5,8H2. The van der Waals surface area contributed by atoms with E-state index in [2.05, 4.69) is 15.1 Å². The molecule has 0 aromatic carbocycles. The quantitative estimate of drug-likeness (QED) is 0.723. The number of nitrogens with zero attached hydrogens (tertiary/aromatic N) is 5. The molecular weight excluding hydrogens is 258 g/mol. The van der Waals surface area contributed by atoms with Crippen LogP contribution in [0.2, 0.25) is 0 Å². The average molecular weight is 271 g/mol. The monoisotopic (exact) mass is 271 g/mol. The molecular formula is C13H13N5O2. The van der Waals surface area contributed by atoms with Gasteiger partial charge >= 0.3 is 0 Å². The van der Waals surface area contributed by atoms with E-state index in [1.165, 1.54) is 21.8 Å². The van der Waals surface area contributed by atoms with Crippen LogP contribution in [0.5, 0.6) is 0 Å². The number of hydrogen-bond donors (Lipinski definition) is 1. The lowest BCUT2D eigenvalue weighted by Gasteiger charge is -2.05. The first-order valence-corrected chi connectivity index (χ1v) is 6.20. The molecule has 0 amide bonds. The minimum Gasteiger partial charge on any atom is -0.394 e. The molecule has 0 aliphatic carbocycles. The Bertz CT molecular complexity index is 778.